The normalized spacial score (nSPS) is 15.5. The molecule has 1 aliphatic heterocycles. The van der Waals surface area contributed by atoms with Crippen LogP contribution < -0.4 is 15.0 Å². The van der Waals surface area contributed by atoms with E-state index in [9.17, 15) is 9.59 Å². The van der Waals surface area contributed by atoms with E-state index in [0.29, 0.717) is 23.7 Å². The van der Waals surface area contributed by atoms with Gasteiger partial charge in [-0.1, -0.05) is 36.4 Å². The number of ether oxygens (including phenoxy) is 1. The quantitative estimate of drug-likeness (QED) is 0.432. The van der Waals surface area contributed by atoms with Crippen molar-refractivity contribution in [3.05, 3.63) is 78.1 Å². The SMILES string of the molecule is CN1C(=O)[C@@H](NC(=O)c2n[nH]c(Cc3ccccc3)n2)COc2ccc(-c3cn[nH]c3)cc21. The second-order valence-electron chi connectivity index (χ2n) is 7.67. The van der Waals surface area contributed by atoms with Crippen molar-refractivity contribution in [1.82, 2.24) is 30.7 Å². The largest absolute Gasteiger partial charge is 0.489 e. The topological polar surface area (TPSA) is 129 Å². The van der Waals surface area contributed by atoms with E-state index in [4.69, 9.17) is 4.74 Å². The van der Waals surface area contributed by atoms with E-state index < -0.39 is 11.9 Å². The number of hydrogen-bond acceptors (Lipinski definition) is 6. The van der Waals surface area contributed by atoms with Gasteiger partial charge in [0.05, 0.1) is 11.9 Å². The molecule has 0 spiro atoms. The van der Waals surface area contributed by atoms with E-state index in [2.05, 4.69) is 30.7 Å². The lowest BCUT2D eigenvalue weighted by atomic mass is 10.1. The molecule has 1 aliphatic rings. The predicted molar refractivity (Wildman–Crippen MR) is 120 cm³/mol. The van der Waals surface area contributed by atoms with Crippen LogP contribution >= 0.6 is 0 Å². The van der Waals surface area contributed by atoms with Crippen LogP contribution in [-0.2, 0) is 11.2 Å². The zero-order valence-corrected chi connectivity index (χ0v) is 17.8. The number of hydrogen-bond donors (Lipinski definition) is 3. The van der Waals surface area contributed by atoms with E-state index in [1.165, 1.54) is 4.90 Å². The predicted octanol–water partition coefficient (Wildman–Crippen LogP) is 1.94. The Morgan fingerprint density at radius 2 is 2.06 bits per heavy atom. The van der Waals surface area contributed by atoms with Crippen LogP contribution in [0.1, 0.15) is 22.0 Å². The van der Waals surface area contributed by atoms with Gasteiger partial charge in [-0.2, -0.15) is 5.10 Å². The summed E-state index contributed by atoms with van der Waals surface area (Å²) in [5, 5.41) is 16.2. The smallest absolute Gasteiger partial charge is 0.291 e. The molecule has 0 saturated heterocycles. The molecule has 33 heavy (non-hydrogen) atoms. The van der Waals surface area contributed by atoms with Crippen LogP contribution in [0.5, 0.6) is 5.75 Å². The number of carbonyl (C=O) groups excluding carboxylic acids is 2. The molecule has 5 rings (SSSR count). The standard InChI is InChI=1S/C23H21N7O3/c1-30-18-10-15(16-11-24-25-12-16)7-8-19(18)33-13-17(23(30)32)26-22(31)21-27-20(28-29-21)9-14-5-3-2-4-6-14/h2-8,10-12,17H,9,13H2,1H3,(H,24,25)(H,26,31)(H,27,28,29)/t17-/m0/s1. The van der Waals surface area contributed by atoms with Crippen molar-refractivity contribution in [2.24, 2.45) is 0 Å². The van der Waals surface area contributed by atoms with Gasteiger partial charge in [-0.05, 0) is 23.3 Å². The maximum absolute atomic E-state index is 13.1. The van der Waals surface area contributed by atoms with E-state index in [1.54, 1.807) is 25.5 Å². The van der Waals surface area contributed by atoms with Crippen LogP contribution in [-0.4, -0.2) is 56.9 Å². The lowest BCUT2D eigenvalue weighted by Gasteiger charge is -2.20. The summed E-state index contributed by atoms with van der Waals surface area (Å²) in [5.74, 6) is 0.238. The molecule has 0 radical (unpaired) electrons. The average Bonchev–Trinajstić information content (AvgIpc) is 3.52. The fraction of sp³-hybridized carbons (Fsp3) is 0.174. The fourth-order valence-corrected chi connectivity index (χ4v) is 3.68. The highest BCUT2D eigenvalue weighted by Crippen LogP contribution is 2.34. The summed E-state index contributed by atoms with van der Waals surface area (Å²) >= 11 is 0. The first kappa shape index (κ1) is 20.4. The molecule has 2 aromatic carbocycles. The highest BCUT2D eigenvalue weighted by Gasteiger charge is 2.31. The maximum Gasteiger partial charge on any atom is 0.291 e. The molecule has 3 heterocycles. The number of benzene rings is 2. The summed E-state index contributed by atoms with van der Waals surface area (Å²) in [6, 6.07) is 14.4. The third-order valence-electron chi connectivity index (χ3n) is 5.44. The Morgan fingerprint density at radius 3 is 2.85 bits per heavy atom. The summed E-state index contributed by atoms with van der Waals surface area (Å²) in [5.41, 5.74) is 3.43. The molecule has 1 atom stereocenters. The van der Waals surface area contributed by atoms with Crippen molar-refractivity contribution in [2.75, 3.05) is 18.6 Å². The zero-order chi connectivity index (χ0) is 22.8. The number of fused-ring (bicyclic) bond motifs is 1. The minimum atomic E-state index is -0.886. The molecule has 166 valence electrons. The van der Waals surface area contributed by atoms with Gasteiger partial charge in [0.25, 0.3) is 11.8 Å². The summed E-state index contributed by atoms with van der Waals surface area (Å²) in [4.78, 5) is 31.6. The number of aromatic amines is 2. The van der Waals surface area contributed by atoms with Gasteiger partial charge in [-0.15, -0.1) is 5.10 Å². The van der Waals surface area contributed by atoms with Crippen molar-refractivity contribution in [3.63, 3.8) is 0 Å². The molecule has 10 heteroatoms. The van der Waals surface area contributed by atoms with Gasteiger partial charge in [0.2, 0.25) is 5.82 Å². The van der Waals surface area contributed by atoms with Crippen LogP contribution in [0.3, 0.4) is 0 Å². The number of nitrogens with one attached hydrogen (secondary N) is 3. The molecule has 0 fully saturated rings. The highest BCUT2D eigenvalue weighted by atomic mass is 16.5. The first-order valence-electron chi connectivity index (χ1n) is 10.4. The number of carbonyl (C=O) groups is 2. The zero-order valence-electron chi connectivity index (χ0n) is 17.8. The third kappa shape index (κ3) is 4.18. The number of likely N-dealkylation sites (N-methyl/N-ethyl adjacent to an activating group) is 1. The molecule has 2 amide bonds. The molecular weight excluding hydrogens is 422 g/mol. The second-order valence-corrected chi connectivity index (χ2v) is 7.67. The molecule has 10 nitrogen and oxygen atoms in total. The Morgan fingerprint density at radius 1 is 1.21 bits per heavy atom. The average molecular weight is 443 g/mol. The van der Waals surface area contributed by atoms with Crippen molar-refractivity contribution in [1.29, 1.82) is 0 Å². The molecule has 0 unspecified atom stereocenters. The van der Waals surface area contributed by atoms with Crippen LogP contribution in [0.15, 0.2) is 60.9 Å². The molecule has 4 aromatic rings. The highest BCUT2D eigenvalue weighted by molar-refractivity contribution is 6.02. The molecule has 2 aromatic heterocycles. The Balaban J connectivity index is 1.29. The van der Waals surface area contributed by atoms with E-state index >= 15 is 0 Å². The Labute approximate surface area is 189 Å². The number of anilines is 1. The molecular formula is C23H21N7O3. The number of amides is 2. The Kier molecular flexibility index (Phi) is 5.31. The molecule has 0 aliphatic carbocycles. The van der Waals surface area contributed by atoms with Crippen LogP contribution in [0.2, 0.25) is 0 Å². The van der Waals surface area contributed by atoms with Gasteiger partial charge in [0, 0.05) is 25.2 Å². The number of H-pyrrole nitrogens is 2. The van der Waals surface area contributed by atoms with Crippen LogP contribution in [0, 0.1) is 0 Å². The van der Waals surface area contributed by atoms with Crippen molar-refractivity contribution < 1.29 is 14.3 Å². The first-order chi connectivity index (χ1) is 16.1. The van der Waals surface area contributed by atoms with Crippen LogP contribution in [0.25, 0.3) is 11.1 Å². The molecule has 3 N–H and O–H groups in total. The summed E-state index contributed by atoms with van der Waals surface area (Å²) < 4.78 is 5.85. The minimum Gasteiger partial charge on any atom is -0.489 e. The third-order valence-corrected chi connectivity index (χ3v) is 5.44. The summed E-state index contributed by atoms with van der Waals surface area (Å²) in [6.45, 7) is -0.00569. The fourth-order valence-electron chi connectivity index (χ4n) is 3.68. The maximum atomic E-state index is 13.1. The van der Waals surface area contributed by atoms with Crippen molar-refractivity contribution in [2.45, 2.75) is 12.5 Å². The monoisotopic (exact) mass is 443 g/mol. The van der Waals surface area contributed by atoms with Gasteiger partial charge in [-0.3, -0.25) is 19.8 Å². The summed E-state index contributed by atoms with van der Waals surface area (Å²) in [6.07, 6.45) is 3.99. The number of aromatic nitrogens is 5. The van der Waals surface area contributed by atoms with Gasteiger partial charge in [0.1, 0.15) is 24.2 Å². The number of rotatable bonds is 5. The lowest BCUT2D eigenvalue weighted by molar-refractivity contribution is -0.120. The molecule has 0 bridgehead atoms. The lowest BCUT2D eigenvalue weighted by Crippen LogP contribution is -2.49. The Hall–Kier alpha value is -4.47. The minimum absolute atomic E-state index is 0.00569. The van der Waals surface area contributed by atoms with E-state index in [1.807, 2.05) is 42.5 Å². The van der Waals surface area contributed by atoms with Gasteiger partial charge in [0.15, 0.2) is 0 Å². The van der Waals surface area contributed by atoms with Crippen molar-refractivity contribution >= 4 is 17.5 Å². The van der Waals surface area contributed by atoms with E-state index in [-0.39, 0.29) is 18.3 Å². The number of nitrogens with zero attached hydrogens (tertiary/aromatic N) is 4. The Bertz CT molecular complexity index is 1280. The van der Waals surface area contributed by atoms with Gasteiger partial charge >= 0.3 is 0 Å². The first-order valence-corrected chi connectivity index (χ1v) is 10.4. The van der Waals surface area contributed by atoms with E-state index in [0.717, 1.165) is 16.7 Å². The van der Waals surface area contributed by atoms with Gasteiger partial charge < -0.3 is 15.0 Å². The summed E-state index contributed by atoms with van der Waals surface area (Å²) in [7, 11) is 1.65. The van der Waals surface area contributed by atoms with Crippen molar-refractivity contribution in [3.8, 4) is 16.9 Å². The van der Waals surface area contributed by atoms with Crippen LogP contribution in [0.4, 0.5) is 5.69 Å². The van der Waals surface area contributed by atoms with Gasteiger partial charge in [-0.25, -0.2) is 4.98 Å². The molecule has 0 saturated carbocycles. The second kappa shape index (κ2) is 8.58.